The van der Waals surface area contributed by atoms with Gasteiger partial charge in [-0.15, -0.1) is 13.2 Å². The van der Waals surface area contributed by atoms with E-state index < -0.39 is 46.2 Å². The molecule has 0 bridgehead atoms. The topological polar surface area (TPSA) is 104 Å². The van der Waals surface area contributed by atoms with E-state index in [2.05, 4.69) is 4.74 Å². The molecule has 1 aliphatic rings. The van der Waals surface area contributed by atoms with Crippen LogP contribution >= 0.6 is 0 Å². The van der Waals surface area contributed by atoms with Crippen molar-refractivity contribution in [1.29, 1.82) is 0 Å². The number of aliphatic carboxylic acids is 1. The van der Waals surface area contributed by atoms with Crippen molar-refractivity contribution >= 4 is 21.8 Å². The van der Waals surface area contributed by atoms with Gasteiger partial charge in [0.1, 0.15) is 11.5 Å². The molecule has 26 heavy (non-hydrogen) atoms. The van der Waals surface area contributed by atoms with Gasteiger partial charge in [0, 0.05) is 31.4 Å². The van der Waals surface area contributed by atoms with Crippen molar-refractivity contribution in [2.45, 2.75) is 30.5 Å². The van der Waals surface area contributed by atoms with Gasteiger partial charge >= 0.3 is 6.36 Å². The van der Waals surface area contributed by atoms with Crippen LogP contribution in [0.2, 0.25) is 0 Å². The highest BCUT2D eigenvalue weighted by Crippen LogP contribution is 2.27. The molecule has 0 unspecified atom stereocenters. The van der Waals surface area contributed by atoms with Crippen LogP contribution in [0.1, 0.15) is 19.3 Å². The monoisotopic (exact) mass is 394 g/mol. The molecule has 0 aromatic heterocycles. The minimum absolute atomic E-state index is 0.00654. The van der Waals surface area contributed by atoms with Gasteiger partial charge in [-0.25, -0.2) is 8.42 Å². The van der Waals surface area contributed by atoms with Gasteiger partial charge < -0.3 is 14.6 Å². The van der Waals surface area contributed by atoms with Gasteiger partial charge in [0.2, 0.25) is 10.0 Å². The molecule has 1 aromatic rings. The number of halogens is 3. The maximum Gasteiger partial charge on any atom is 0.573 e. The normalized spacial score (nSPS) is 17.0. The Hall–Kier alpha value is -2.14. The molecule has 11 heteroatoms. The summed E-state index contributed by atoms with van der Waals surface area (Å²) in [6.45, 7) is 0.0131. The summed E-state index contributed by atoms with van der Waals surface area (Å²) in [6, 6.07) is 3.81. The number of piperidine rings is 1. The summed E-state index contributed by atoms with van der Waals surface area (Å²) in [7, 11) is -3.94. The number of ether oxygens (including phenoxy) is 1. The molecule has 0 N–H and O–H groups in total. The number of carboxylic acid groups (broad SMARTS) is 1. The van der Waals surface area contributed by atoms with E-state index >= 15 is 0 Å². The van der Waals surface area contributed by atoms with Crippen LogP contribution in [0.4, 0.5) is 13.2 Å². The summed E-state index contributed by atoms with van der Waals surface area (Å²) in [6.07, 6.45) is -5.25. The first-order valence-corrected chi connectivity index (χ1v) is 9.01. The third kappa shape index (κ3) is 5.18. The van der Waals surface area contributed by atoms with Gasteiger partial charge in [-0.2, -0.15) is 4.31 Å². The Morgan fingerprint density at radius 3 is 2.15 bits per heavy atom. The number of sulfonamides is 1. The first-order chi connectivity index (χ1) is 12.0. The summed E-state index contributed by atoms with van der Waals surface area (Å²) < 4.78 is 66.2. The molecule has 0 spiro atoms. The van der Waals surface area contributed by atoms with Crippen molar-refractivity contribution in [2.24, 2.45) is 5.92 Å². The maximum atomic E-state index is 12.5. The summed E-state index contributed by atoms with van der Waals surface area (Å²) in [5.74, 6) is -3.08. The van der Waals surface area contributed by atoms with Crippen molar-refractivity contribution < 1.29 is 41.0 Å². The first-order valence-electron chi connectivity index (χ1n) is 7.57. The molecule has 1 saturated heterocycles. The Morgan fingerprint density at radius 2 is 1.69 bits per heavy atom. The smallest absolute Gasteiger partial charge is 0.550 e. The molecule has 1 aliphatic heterocycles. The van der Waals surface area contributed by atoms with E-state index in [0.717, 1.165) is 28.6 Å². The highest BCUT2D eigenvalue weighted by Gasteiger charge is 2.33. The van der Waals surface area contributed by atoms with Crippen molar-refractivity contribution in [3.05, 3.63) is 24.3 Å². The Balaban J connectivity index is 2.03. The summed E-state index contributed by atoms with van der Waals surface area (Å²) >= 11 is 0. The molecule has 7 nitrogen and oxygen atoms in total. The third-order valence-corrected chi connectivity index (χ3v) is 5.84. The van der Waals surface area contributed by atoms with Crippen LogP contribution in [0.3, 0.4) is 0 Å². The molecule has 0 radical (unpaired) electrons. The lowest BCUT2D eigenvalue weighted by Gasteiger charge is -2.30. The van der Waals surface area contributed by atoms with E-state index in [-0.39, 0.29) is 30.8 Å². The molecular weight excluding hydrogens is 379 g/mol. The van der Waals surface area contributed by atoms with Crippen LogP contribution in [0, 0.1) is 5.92 Å². The predicted molar refractivity (Wildman–Crippen MR) is 79.2 cm³/mol. The second-order valence-electron chi connectivity index (χ2n) is 5.71. The third-order valence-electron chi connectivity index (χ3n) is 3.92. The number of carboxylic acids is 1. The van der Waals surface area contributed by atoms with Gasteiger partial charge in [0.25, 0.3) is 0 Å². The fourth-order valence-corrected chi connectivity index (χ4v) is 4.14. The lowest BCUT2D eigenvalue weighted by atomic mass is 9.92. The minimum atomic E-state index is -4.87. The number of hydrogen-bond acceptors (Lipinski definition) is 6. The number of Topliss-reactive ketones (excluding diaryl/α,β-unsaturated/α-hetero) is 1. The SMILES string of the molecule is O=C([O-])CC(=O)C1CCN(S(=O)(=O)c2ccc(OC(F)(F)F)cc2)CC1. The van der Waals surface area contributed by atoms with Crippen molar-refractivity contribution in [1.82, 2.24) is 4.31 Å². The fraction of sp³-hybridized carbons (Fsp3) is 0.467. The zero-order chi connectivity index (χ0) is 19.5. The minimum Gasteiger partial charge on any atom is -0.550 e. The summed E-state index contributed by atoms with van der Waals surface area (Å²) in [5, 5.41) is 10.5. The first kappa shape index (κ1) is 20.2. The number of carbonyl (C=O) groups excluding carboxylic acids is 2. The van der Waals surface area contributed by atoms with Gasteiger partial charge in [0.05, 0.1) is 4.90 Å². The van der Waals surface area contributed by atoms with Crippen LogP contribution in [0.15, 0.2) is 29.2 Å². The number of rotatable bonds is 6. The highest BCUT2D eigenvalue weighted by atomic mass is 32.2. The number of carbonyl (C=O) groups is 2. The molecule has 0 aliphatic carbocycles. The van der Waals surface area contributed by atoms with Crippen molar-refractivity contribution in [2.75, 3.05) is 13.1 Å². The number of ketones is 1. The number of alkyl halides is 3. The zero-order valence-electron chi connectivity index (χ0n) is 13.4. The van der Waals surface area contributed by atoms with Gasteiger partial charge in [-0.1, -0.05) is 0 Å². The van der Waals surface area contributed by atoms with Crippen molar-refractivity contribution in [3.63, 3.8) is 0 Å². The average Bonchev–Trinajstić information content (AvgIpc) is 2.53. The van der Waals surface area contributed by atoms with E-state index in [1.165, 1.54) is 0 Å². The Labute approximate surface area is 147 Å². The molecule has 1 heterocycles. The molecule has 0 saturated carbocycles. The fourth-order valence-electron chi connectivity index (χ4n) is 2.67. The molecule has 1 fully saturated rings. The van der Waals surface area contributed by atoms with E-state index in [0.29, 0.717) is 0 Å². The van der Waals surface area contributed by atoms with Crippen LogP contribution in [0.5, 0.6) is 5.75 Å². The van der Waals surface area contributed by atoms with Crippen LogP contribution in [-0.2, 0) is 19.6 Å². The Morgan fingerprint density at radius 1 is 1.15 bits per heavy atom. The quantitative estimate of drug-likeness (QED) is 0.658. The maximum absolute atomic E-state index is 12.5. The van der Waals surface area contributed by atoms with Gasteiger partial charge in [0.15, 0.2) is 0 Å². The number of nitrogens with zero attached hydrogens (tertiary/aromatic N) is 1. The molecule has 144 valence electrons. The predicted octanol–water partition coefficient (Wildman–Crippen LogP) is 0.695. The van der Waals surface area contributed by atoms with E-state index in [4.69, 9.17) is 0 Å². The van der Waals surface area contributed by atoms with E-state index in [1.807, 2.05) is 0 Å². The van der Waals surface area contributed by atoms with Crippen LogP contribution in [0.25, 0.3) is 0 Å². The van der Waals surface area contributed by atoms with E-state index in [9.17, 15) is 36.3 Å². The number of benzene rings is 1. The van der Waals surface area contributed by atoms with Crippen molar-refractivity contribution in [3.8, 4) is 5.75 Å². The molecule has 2 rings (SSSR count). The molecule has 1 aromatic carbocycles. The zero-order valence-corrected chi connectivity index (χ0v) is 14.2. The van der Waals surface area contributed by atoms with Gasteiger partial charge in [-0.3, -0.25) is 4.79 Å². The largest absolute Gasteiger partial charge is 0.573 e. The van der Waals surface area contributed by atoms with Gasteiger partial charge in [-0.05, 0) is 37.1 Å². The highest BCUT2D eigenvalue weighted by molar-refractivity contribution is 7.89. The number of hydrogen-bond donors (Lipinski definition) is 0. The molecule has 0 atom stereocenters. The summed E-state index contributed by atoms with van der Waals surface area (Å²) in [4.78, 5) is 21.9. The molecular formula is C15H15F3NO6S-. The second-order valence-corrected chi connectivity index (χ2v) is 7.65. The van der Waals surface area contributed by atoms with Crippen LogP contribution in [-0.4, -0.2) is 43.9 Å². The molecule has 0 amide bonds. The van der Waals surface area contributed by atoms with Crippen LogP contribution < -0.4 is 9.84 Å². The standard InChI is InChI=1S/C15H16F3NO6S/c16-15(17,18)25-11-1-3-12(4-2-11)26(23,24)19-7-5-10(6-8-19)13(20)9-14(21)22/h1-4,10H,5-9H2,(H,21,22)/p-1. The lowest BCUT2D eigenvalue weighted by molar-refractivity contribution is -0.304. The second kappa shape index (κ2) is 7.62. The summed E-state index contributed by atoms with van der Waals surface area (Å²) in [5.41, 5.74) is 0. The Bertz CT molecular complexity index is 768. The lowest BCUT2D eigenvalue weighted by Crippen LogP contribution is -2.41. The van der Waals surface area contributed by atoms with E-state index in [1.54, 1.807) is 0 Å². The Kier molecular flexibility index (Phi) is 5.91. The average molecular weight is 394 g/mol.